The lowest BCUT2D eigenvalue weighted by atomic mass is 10.0. The van der Waals surface area contributed by atoms with Crippen LogP contribution in [0.5, 0.6) is 0 Å². The molecule has 3 fully saturated rings. The molecule has 0 N–H and O–H groups in total. The van der Waals surface area contributed by atoms with Crippen LogP contribution < -0.4 is 0 Å². The molecule has 2 atom stereocenters. The average molecular weight is 307 g/mol. The van der Waals surface area contributed by atoms with Crippen LogP contribution in [0.3, 0.4) is 0 Å². The molecular weight excluding hydrogens is 283 g/mol. The standard InChI is InChI=1S/C21H24P/c1-3-20(17-11-5-6-12-17)22(19-15-9-10-16-19)21(4-2)18-13-7-8-14-18/h5-16,20-21H,3-4H2,1-2H3/t20-,21-/m0/s1. The fourth-order valence-electron chi connectivity index (χ4n) is 3.52. The minimum Gasteiger partial charge on any atom is -0.0912 e. The van der Waals surface area contributed by atoms with E-state index < -0.39 is 0 Å². The molecule has 0 aromatic heterocycles. The highest BCUT2D eigenvalue weighted by molar-refractivity contribution is 7.63. The van der Waals surface area contributed by atoms with Crippen molar-refractivity contribution in [3.05, 3.63) is 94.5 Å². The SMILES string of the molecule is CC[C@@H]([C]1[CH][CH][CH][CH]1)P([C]1[CH][CH][CH][CH]1)[C@@H](CC)[C]1[CH][CH][CH][CH]1. The molecule has 0 aromatic carbocycles. The molecule has 0 bridgehead atoms. The lowest BCUT2D eigenvalue weighted by Crippen LogP contribution is -2.27. The highest BCUT2D eigenvalue weighted by Gasteiger charge is 2.43. The smallest absolute Gasteiger partial charge is 0.00807 e. The Bertz CT molecular complexity index is 284. The lowest BCUT2D eigenvalue weighted by Gasteiger charge is -2.42. The summed E-state index contributed by atoms with van der Waals surface area (Å²) in [7, 11) is -0.247. The van der Waals surface area contributed by atoms with Crippen molar-refractivity contribution >= 4 is 7.92 Å². The monoisotopic (exact) mass is 307 g/mol. The van der Waals surface area contributed by atoms with Gasteiger partial charge < -0.3 is 0 Å². The first-order chi connectivity index (χ1) is 10.8. The van der Waals surface area contributed by atoms with Crippen molar-refractivity contribution in [3.63, 3.8) is 0 Å². The summed E-state index contributed by atoms with van der Waals surface area (Å²) in [6, 6.07) is 0. The summed E-state index contributed by atoms with van der Waals surface area (Å²) >= 11 is 0. The molecule has 3 rings (SSSR count). The molecule has 22 heavy (non-hydrogen) atoms. The van der Waals surface area contributed by atoms with Crippen molar-refractivity contribution in [1.29, 1.82) is 0 Å². The molecule has 3 aliphatic rings. The molecule has 0 heterocycles. The van der Waals surface area contributed by atoms with E-state index in [1.54, 1.807) is 5.66 Å². The molecule has 0 unspecified atom stereocenters. The number of hydrogen-bond acceptors (Lipinski definition) is 0. The maximum atomic E-state index is 2.34. The lowest BCUT2D eigenvalue weighted by molar-refractivity contribution is 0.804. The zero-order chi connectivity index (χ0) is 15.4. The summed E-state index contributed by atoms with van der Waals surface area (Å²) < 4.78 is 0. The Labute approximate surface area is 141 Å². The number of rotatable bonds is 7. The Balaban J connectivity index is 1.80. The van der Waals surface area contributed by atoms with Crippen LogP contribution in [0.2, 0.25) is 0 Å². The van der Waals surface area contributed by atoms with Gasteiger partial charge in [-0.25, -0.2) is 0 Å². The molecule has 0 aliphatic heterocycles. The van der Waals surface area contributed by atoms with Crippen molar-refractivity contribution in [1.82, 2.24) is 0 Å². The summed E-state index contributed by atoms with van der Waals surface area (Å²) in [4.78, 5) is 0. The predicted molar refractivity (Wildman–Crippen MR) is 96.4 cm³/mol. The first kappa shape index (κ1) is 17.3. The molecule has 0 aromatic rings. The molecule has 3 aliphatic carbocycles. The molecule has 0 saturated heterocycles. The van der Waals surface area contributed by atoms with Crippen LogP contribution in [0.15, 0.2) is 0 Å². The van der Waals surface area contributed by atoms with Gasteiger partial charge in [0, 0.05) is 5.66 Å². The van der Waals surface area contributed by atoms with Crippen LogP contribution in [-0.2, 0) is 0 Å². The average Bonchev–Trinajstić information content (AvgIpc) is 3.29. The summed E-state index contributed by atoms with van der Waals surface area (Å²) in [5, 5.41) is 0. The second-order valence-corrected chi connectivity index (χ2v) is 8.41. The molecule has 113 valence electrons. The van der Waals surface area contributed by atoms with E-state index in [0.29, 0.717) is 11.3 Å². The van der Waals surface area contributed by atoms with Gasteiger partial charge in [-0.05, 0) is 113 Å². The minimum absolute atomic E-state index is 0.247. The van der Waals surface area contributed by atoms with E-state index in [1.807, 2.05) is 0 Å². The van der Waals surface area contributed by atoms with E-state index in [2.05, 4.69) is 90.9 Å². The third-order valence-electron chi connectivity index (χ3n) is 4.53. The van der Waals surface area contributed by atoms with Crippen LogP contribution in [-0.4, -0.2) is 11.3 Å². The molecule has 0 amide bonds. The third-order valence-corrected chi connectivity index (χ3v) is 8.10. The molecule has 0 nitrogen and oxygen atoms in total. The van der Waals surface area contributed by atoms with Gasteiger partial charge >= 0.3 is 0 Å². The maximum Gasteiger partial charge on any atom is 0.00807 e. The Hall–Kier alpha value is 0.430. The van der Waals surface area contributed by atoms with E-state index in [0.717, 1.165) is 0 Å². The van der Waals surface area contributed by atoms with Crippen LogP contribution in [0.25, 0.3) is 0 Å². The van der Waals surface area contributed by atoms with Gasteiger partial charge in [-0.1, -0.05) is 21.8 Å². The Morgan fingerprint density at radius 3 is 1.36 bits per heavy atom. The Morgan fingerprint density at radius 2 is 1.00 bits per heavy atom. The number of hydrogen-bond donors (Lipinski definition) is 0. The van der Waals surface area contributed by atoms with Gasteiger partial charge in [0.1, 0.15) is 0 Å². The van der Waals surface area contributed by atoms with E-state index in [9.17, 15) is 0 Å². The Morgan fingerprint density at radius 1 is 0.636 bits per heavy atom. The van der Waals surface area contributed by atoms with E-state index in [1.165, 1.54) is 24.7 Å². The van der Waals surface area contributed by atoms with E-state index in [4.69, 9.17) is 0 Å². The highest BCUT2D eigenvalue weighted by Crippen LogP contribution is 2.67. The molecule has 3 saturated carbocycles. The first-order valence-electron chi connectivity index (χ1n) is 8.28. The Kier molecular flexibility index (Phi) is 6.67. The van der Waals surface area contributed by atoms with Crippen LogP contribution >= 0.6 is 7.92 Å². The topological polar surface area (TPSA) is 0 Å². The van der Waals surface area contributed by atoms with E-state index >= 15 is 0 Å². The van der Waals surface area contributed by atoms with E-state index in [-0.39, 0.29) is 7.92 Å². The summed E-state index contributed by atoms with van der Waals surface area (Å²) in [5.41, 5.74) is 2.84. The maximum absolute atomic E-state index is 2.34. The quantitative estimate of drug-likeness (QED) is 0.567. The first-order valence-corrected chi connectivity index (χ1v) is 9.76. The van der Waals surface area contributed by atoms with Gasteiger partial charge in [-0.2, -0.15) is 0 Å². The fraction of sp³-hybridized carbons (Fsp3) is 0.286. The summed E-state index contributed by atoms with van der Waals surface area (Å²) in [6.45, 7) is 4.68. The molecular formula is C21H24P. The van der Waals surface area contributed by atoms with Gasteiger partial charge in [-0.15, -0.1) is 0 Å². The van der Waals surface area contributed by atoms with Crippen molar-refractivity contribution in [2.45, 2.75) is 38.0 Å². The summed E-state index contributed by atoms with van der Waals surface area (Å²) in [5.74, 6) is 3.03. The van der Waals surface area contributed by atoms with Crippen molar-refractivity contribution < 1.29 is 0 Å². The minimum atomic E-state index is -0.247. The second kappa shape index (κ2) is 8.50. The fourth-order valence-corrected chi connectivity index (χ4v) is 6.97. The third kappa shape index (κ3) is 3.74. The van der Waals surface area contributed by atoms with Crippen LogP contribution in [0, 0.1) is 94.5 Å². The van der Waals surface area contributed by atoms with Crippen LogP contribution in [0.4, 0.5) is 0 Å². The van der Waals surface area contributed by atoms with Crippen molar-refractivity contribution in [2.75, 3.05) is 0 Å². The second-order valence-electron chi connectivity index (χ2n) is 5.83. The molecule has 0 spiro atoms. The van der Waals surface area contributed by atoms with Crippen LogP contribution in [0.1, 0.15) is 26.7 Å². The largest absolute Gasteiger partial charge is 0.0912 e. The van der Waals surface area contributed by atoms with Gasteiger partial charge in [0.05, 0.1) is 0 Å². The molecule has 1 heteroatoms. The van der Waals surface area contributed by atoms with Gasteiger partial charge in [0.2, 0.25) is 0 Å². The summed E-state index contributed by atoms with van der Waals surface area (Å²) in [6.07, 6.45) is 29.4. The highest BCUT2D eigenvalue weighted by atomic mass is 31.1. The predicted octanol–water partition coefficient (Wildman–Crippen LogP) is 5.20. The van der Waals surface area contributed by atoms with Gasteiger partial charge in [0.25, 0.3) is 0 Å². The zero-order valence-corrected chi connectivity index (χ0v) is 14.3. The zero-order valence-electron chi connectivity index (χ0n) is 13.4. The molecule has 15 radical (unpaired) electrons. The normalized spacial score (nSPS) is 28.0. The van der Waals surface area contributed by atoms with Gasteiger partial charge in [0.15, 0.2) is 0 Å². The van der Waals surface area contributed by atoms with Crippen molar-refractivity contribution in [2.24, 2.45) is 0 Å². The van der Waals surface area contributed by atoms with Gasteiger partial charge in [-0.3, -0.25) is 0 Å². The van der Waals surface area contributed by atoms with Crippen molar-refractivity contribution in [3.8, 4) is 0 Å².